The molecule has 0 aliphatic heterocycles. The van der Waals surface area contributed by atoms with E-state index in [1.165, 1.54) is 23.4 Å². The third-order valence-corrected chi connectivity index (χ3v) is 2.61. The van der Waals surface area contributed by atoms with Gasteiger partial charge in [0, 0.05) is 12.6 Å². The Labute approximate surface area is 113 Å². The Kier molecular flexibility index (Phi) is 3.12. The van der Waals surface area contributed by atoms with E-state index >= 15 is 0 Å². The van der Waals surface area contributed by atoms with Gasteiger partial charge in [-0.1, -0.05) is 12.1 Å². The first-order valence-corrected chi connectivity index (χ1v) is 6.08. The maximum absolute atomic E-state index is 11.6. The average molecular weight is 273 g/mol. The summed E-state index contributed by atoms with van der Waals surface area (Å²) in [6.07, 6.45) is 3.51. The Morgan fingerprint density at radius 1 is 1.30 bits per heavy atom. The fourth-order valence-electron chi connectivity index (χ4n) is 1.69. The Morgan fingerprint density at radius 2 is 2.20 bits per heavy atom. The minimum atomic E-state index is -0.160. The van der Waals surface area contributed by atoms with Crippen molar-refractivity contribution >= 4 is 0 Å². The molecule has 0 fully saturated rings. The van der Waals surface area contributed by atoms with Gasteiger partial charge in [-0.15, -0.1) is 0 Å². The number of oxazole rings is 1. The Balaban J connectivity index is 1.97. The van der Waals surface area contributed by atoms with E-state index in [9.17, 15) is 4.79 Å². The van der Waals surface area contributed by atoms with Crippen LogP contribution in [0.2, 0.25) is 0 Å². The largest absolute Gasteiger partial charge is 0.451 e. The first-order valence-electron chi connectivity index (χ1n) is 6.08. The van der Waals surface area contributed by atoms with Gasteiger partial charge in [-0.2, -0.15) is 10.1 Å². The van der Waals surface area contributed by atoms with E-state index in [1.54, 1.807) is 6.07 Å². The van der Waals surface area contributed by atoms with Gasteiger partial charge < -0.3 is 8.94 Å². The van der Waals surface area contributed by atoms with E-state index in [1.807, 2.05) is 6.92 Å². The molecule has 0 amide bonds. The highest BCUT2D eigenvalue weighted by atomic mass is 16.5. The zero-order valence-electron chi connectivity index (χ0n) is 10.7. The second-order valence-electron chi connectivity index (χ2n) is 4.08. The standard InChI is InChI=1S/C12H11N5O3/c1-2-5-17-10(18)4-3-8(15-17)12-14-11(16-20-12)9-6-19-7-13-9/h3-4,6-7H,2,5H2,1H3. The van der Waals surface area contributed by atoms with Crippen molar-refractivity contribution in [1.82, 2.24) is 24.9 Å². The lowest BCUT2D eigenvalue weighted by Crippen LogP contribution is -2.21. The average Bonchev–Trinajstić information content (AvgIpc) is 3.11. The first-order chi connectivity index (χ1) is 9.78. The van der Waals surface area contributed by atoms with Gasteiger partial charge in [0.1, 0.15) is 17.7 Å². The van der Waals surface area contributed by atoms with E-state index in [-0.39, 0.29) is 11.4 Å². The van der Waals surface area contributed by atoms with Crippen LogP contribution >= 0.6 is 0 Å². The SMILES string of the molecule is CCCn1nc(-c2nc(-c3cocn3)no2)ccc1=O. The van der Waals surface area contributed by atoms with Crippen LogP contribution in [0.5, 0.6) is 0 Å². The molecule has 0 radical (unpaired) electrons. The van der Waals surface area contributed by atoms with Crippen molar-refractivity contribution in [3.63, 3.8) is 0 Å². The Hall–Kier alpha value is -2.77. The Morgan fingerprint density at radius 3 is 2.95 bits per heavy atom. The molecule has 0 saturated heterocycles. The van der Waals surface area contributed by atoms with Crippen LogP contribution < -0.4 is 5.56 Å². The minimum Gasteiger partial charge on any atom is -0.451 e. The lowest BCUT2D eigenvalue weighted by molar-refractivity contribution is 0.428. The van der Waals surface area contributed by atoms with Gasteiger partial charge in [-0.05, 0) is 12.5 Å². The molecule has 8 heteroatoms. The third kappa shape index (κ3) is 2.22. The Bertz CT molecular complexity index is 760. The van der Waals surface area contributed by atoms with Gasteiger partial charge in [0.15, 0.2) is 6.39 Å². The number of aryl methyl sites for hydroxylation is 1. The molecular formula is C12H11N5O3. The summed E-state index contributed by atoms with van der Waals surface area (Å²) in [5.74, 6) is 0.539. The molecule has 3 rings (SSSR count). The molecule has 3 heterocycles. The third-order valence-electron chi connectivity index (χ3n) is 2.61. The summed E-state index contributed by atoms with van der Waals surface area (Å²) in [6, 6.07) is 2.98. The summed E-state index contributed by atoms with van der Waals surface area (Å²) < 4.78 is 11.4. The molecular weight excluding hydrogens is 262 g/mol. The number of hydrogen-bond donors (Lipinski definition) is 0. The monoisotopic (exact) mass is 273 g/mol. The highest BCUT2D eigenvalue weighted by Crippen LogP contribution is 2.18. The van der Waals surface area contributed by atoms with Crippen LogP contribution in [0.4, 0.5) is 0 Å². The van der Waals surface area contributed by atoms with Crippen LogP contribution in [0, 0.1) is 0 Å². The molecule has 0 unspecified atom stereocenters. The topological polar surface area (TPSA) is 99.8 Å². The van der Waals surface area contributed by atoms with Crippen molar-refractivity contribution in [2.75, 3.05) is 0 Å². The summed E-state index contributed by atoms with van der Waals surface area (Å²) in [5, 5.41) is 7.99. The highest BCUT2D eigenvalue weighted by Gasteiger charge is 2.14. The summed E-state index contributed by atoms with van der Waals surface area (Å²) in [4.78, 5) is 19.7. The van der Waals surface area contributed by atoms with E-state index < -0.39 is 0 Å². The smallest absolute Gasteiger partial charge is 0.278 e. The summed E-state index contributed by atoms with van der Waals surface area (Å²) in [6.45, 7) is 2.51. The molecule has 0 aliphatic rings. The molecule has 0 aliphatic carbocycles. The van der Waals surface area contributed by atoms with Crippen LogP contribution in [0.1, 0.15) is 13.3 Å². The van der Waals surface area contributed by atoms with Gasteiger partial charge >= 0.3 is 0 Å². The van der Waals surface area contributed by atoms with Gasteiger partial charge in [-0.3, -0.25) is 4.79 Å². The van der Waals surface area contributed by atoms with Crippen molar-refractivity contribution in [2.45, 2.75) is 19.9 Å². The predicted octanol–water partition coefficient (Wildman–Crippen LogP) is 1.36. The zero-order valence-corrected chi connectivity index (χ0v) is 10.7. The van der Waals surface area contributed by atoms with Crippen molar-refractivity contribution in [2.24, 2.45) is 0 Å². The lowest BCUT2D eigenvalue weighted by Gasteiger charge is -2.02. The van der Waals surface area contributed by atoms with E-state index in [2.05, 4.69) is 20.2 Å². The molecule has 3 aromatic heterocycles. The molecule has 3 aromatic rings. The number of nitrogens with zero attached hydrogens (tertiary/aromatic N) is 5. The second kappa shape index (κ2) is 5.08. The van der Waals surface area contributed by atoms with Crippen molar-refractivity contribution in [1.29, 1.82) is 0 Å². The fraction of sp³-hybridized carbons (Fsp3) is 0.250. The minimum absolute atomic E-state index is 0.160. The molecule has 0 saturated carbocycles. The molecule has 20 heavy (non-hydrogen) atoms. The fourth-order valence-corrected chi connectivity index (χ4v) is 1.69. The molecule has 0 atom stereocenters. The van der Waals surface area contributed by atoms with Crippen LogP contribution in [0.3, 0.4) is 0 Å². The quantitative estimate of drug-likeness (QED) is 0.707. The van der Waals surface area contributed by atoms with E-state index in [0.717, 1.165) is 6.42 Å². The first kappa shape index (κ1) is 12.3. The second-order valence-corrected chi connectivity index (χ2v) is 4.08. The molecule has 0 aromatic carbocycles. The van der Waals surface area contributed by atoms with Crippen molar-refractivity contribution in [3.8, 4) is 23.1 Å². The van der Waals surface area contributed by atoms with Crippen molar-refractivity contribution in [3.05, 3.63) is 35.1 Å². The van der Waals surface area contributed by atoms with Gasteiger partial charge in [0.05, 0.1) is 0 Å². The zero-order chi connectivity index (χ0) is 13.9. The molecule has 0 spiro atoms. The predicted molar refractivity (Wildman–Crippen MR) is 67.6 cm³/mol. The number of hydrogen-bond acceptors (Lipinski definition) is 7. The number of aromatic nitrogens is 5. The maximum Gasteiger partial charge on any atom is 0.278 e. The van der Waals surface area contributed by atoms with Gasteiger partial charge in [0.25, 0.3) is 11.4 Å². The normalized spacial score (nSPS) is 10.8. The van der Waals surface area contributed by atoms with Gasteiger partial charge in [0.2, 0.25) is 5.82 Å². The lowest BCUT2D eigenvalue weighted by atomic mass is 10.4. The summed E-state index contributed by atoms with van der Waals surface area (Å²) >= 11 is 0. The highest BCUT2D eigenvalue weighted by molar-refractivity contribution is 5.52. The van der Waals surface area contributed by atoms with Crippen LogP contribution in [0.15, 0.2) is 38.5 Å². The molecule has 0 bridgehead atoms. The molecule has 8 nitrogen and oxygen atoms in total. The molecule has 102 valence electrons. The van der Waals surface area contributed by atoms with Crippen LogP contribution in [-0.2, 0) is 6.54 Å². The van der Waals surface area contributed by atoms with E-state index in [0.29, 0.717) is 23.8 Å². The van der Waals surface area contributed by atoms with Crippen LogP contribution in [-0.4, -0.2) is 24.9 Å². The number of rotatable bonds is 4. The maximum atomic E-state index is 11.6. The van der Waals surface area contributed by atoms with Gasteiger partial charge in [-0.25, -0.2) is 9.67 Å². The summed E-state index contributed by atoms with van der Waals surface area (Å²) in [5.41, 5.74) is 0.758. The molecule has 0 N–H and O–H groups in total. The van der Waals surface area contributed by atoms with Crippen molar-refractivity contribution < 1.29 is 8.94 Å². The van der Waals surface area contributed by atoms with E-state index in [4.69, 9.17) is 8.94 Å². The summed E-state index contributed by atoms with van der Waals surface area (Å²) in [7, 11) is 0. The van der Waals surface area contributed by atoms with Crippen LogP contribution in [0.25, 0.3) is 23.1 Å².